The highest BCUT2D eigenvalue weighted by molar-refractivity contribution is 9.10. The molecule has 0 spiro atoms. The van der Waals surface area contributed by atoms with E-state index in [0.717, 1.165) is 4.47 Å². The topological polar surface area (TPSA) is 58.0 Å². The molecule has 0 bridgehead atoms. The first-order chi connectivity index (χ1) is 6.13. The lowest BCUT2D eigenvalue weighted by molar-refractivity contribution is 0.281. The van der Waals surface area contributed by atoms with Gasteiger partial charge in [-0.25, -0.2) is 4.98 Å². The minimum atomic E-state index is -0.0673. The number of aromatic nitrogens is 2. The summed E-state index contributed by atoms with van der Waals surface area (Å²) in [6.07, 6.45) is 1.56. The van der Waals surface area contributed by atoms with Crippen molar-refractivity contribution in [1.29, 1.82) is 0 Å². The second kappa shape index (κ2) is 4.74. The van der Waals surface area contributed by atoms with Crippen molar-refractivity contribution in [1.82, 2.24) is 9.97 Å². The summed E-state index contributed by atoms with van der Waals surface area (Å²) in [6.45, 7) is 1.87. The van der Waals surface area contributed by atoms with E-state index >= 15 is 0 Å². The smallest absolute Gasteiger partial charge is 0.224 e. The minimum Gasteiger partial charge on any atom is -0.394 e. The van der Waals surface area contributed by atoms with E-state index in [4.69, 9.17) is 16.7 Å². The van der Waals surface area contributed by atoms with Crippen molar-refractivity contribution in [2.75, 3.05) is 11.9 Å². The van der Waals surface area contributed by atoms with Crippen molar-refractivity contribution in [2.45, 2.75) is 13.0 Å². The molecule has 1 aromatic heterocycles. The maximum Gasteiger partial charge on any atom is 0.224 e. The molecule has 1 aromatic rings. The summed E-state index contributed by atoms with van der Waals surface area (Å²) in [5, 5.41) is 11.9. The fourth-order valence-electron chi connectivity index (χ4n) is 0.726. The van der Waals surface area contributed by atoms with Crippen LogP contribution >= 0.6 is 27.5 Å². The van der Waals surface area contributed by atoms with E-state index in [1.54, 1.807) is 6.20 Å². The first-order valence-corrected chi connectivity index (χ1v) is 4.86. The molecule has 0 saturated carbocycles. The maximum atomic E-state index is 8.80. The summed E-state index contributed by atoms with van der Waals surface area (Å²) in [6, 6.07) is -0.0673. The highest BCUT2D eigenvalue weighted by atomic mass is 79.9. The van der Waals surface area contributed by atoms with Gasteiger partial charge in [-0.3, -0.25) is 0 Å². The van der Waals surface area contributed by atoms with Crippen LogP contribution in [0.15, 0.2) is 10.7 Å². The van der Waals surface area contributed by atoms with Crippen LogP contribution in [0.2, 0.25) is 5.28 Å². The summed E-state index contributed by atoms with van der Waals surface area (Å²) >= 11 is 8.86. The van der Waals surface area contributed by atoms with Crippen molar-refractivity contribution in [3.63, 3.8) is 0 Å². The van der Waals surface area contributed by atoms with E-state index in [1.165, 1.54) is 0 Å². The molecule has 0 aliphatic carbocycles. The molecule has 1 unspecified atom stereocenters. The van der Waals surface area contributed by atoms with E-state index in [1.807, 2.05) is 6.92 Å². The van der Waals surface area contributed by atoms with Gasteiger partial charge in [-0.05, 0) is 34.5 Å². The molecule has 0 radical (unpaired) electrons. The Bertz CT molecular complexity index is 297. The lowest BCUT2D eigenvalue weighted by Gasteiger charge is -2.12. The van der Waals surface area contributed by atoms with Crippen LogP contribution in [0, 0.1) is 0 Å². The summed E-state index contributed by atoms with van der Waals surface area (Å²) in [5.41, 5.74) is 0. The zero-order valence-corrected chi connectivity index (χ0v) is 9.30. The van der Waals surface area contributed by atoms with Crippen molar-refractivity contribution in [3.8, 4) is 0 Å². The third-order valence-corrected chi connectivity index (χ3v) is 2.13. The minimum absolute atomic E-state index is 0.0358. The zero-order valence-electron chi connectivity index (χ0n) is 6.96. The molecule has 1 rings (SSSR count). The second-order valence-corrected chi connectivity index (χ2v) is 3.76. The molecule has 0 amide bonds. The van der Waals surface area contributed by atoms with Gasteiger partial charge in [0.1, 0.15) is 5.82 Å². The van der Waals surface area contributed by atoms with E-state index in [0.29, 0.717) is 5.82 Å². The van der Waals surface area contributed by atoms with Crippen LogP contribution in [0.25, 0.3) is 0 Å². The molecule has 0 fully saturated rings. The van der Waals surface area contributed by atoms with E-state index < -0.39 is 0 Å². The standard InChI is InChI=1S/C7H9BrClN3O/c1-4(3-13)11-6-5(8)2-10-7(9)12-6/h2,4,13H,3H2,1H3,(H,10,11,12). The quantitative estimate of drug-likeness (QED) is 0.818. The highest BCUT2D eigenvalue weighted by Gasteiger charge is 2.06. The predicted octanol–water partition coefficient (Wildman–Crippen LogP) is 1.69. The van der Waals surface area contributed by atoms with Gasteiger partial charge in [0.15, 0.2) is 0 Å². The SMILES string of the molecule is CC(CO)Nc1nc(Cl)ncc1Br. The molecule has 0 aliphatic rings. The first kappa shape index (κ1) is 10.7. The van der Waals surface area contributed by atoms with E-state index in [2.05, 4.69) is 31.2 Å². The van der Waals surface area contributed by atoms with Gasteiger partial charge in [0.2, 0.25) is 5.28 Å². The lowest BCUT2D eigenvalue weighted by atomic mass is 10.3. The van der Waals surface area contributed by atoms with Crippen molar-refractivity contribution in [3.05, 3.63) is 16.0 Å². The van der Waals surface area contributed by atoms with Crippen molar-refractivity contribution in [2.24, 2.45) is 0 Å². The van der Waals surface area contributed by atoms with Gasteiger partial charge < -0.3 is 10.4 Å². The van der Waals surface area contributed by atoms with Gasteiger partial charge in [-0.1, -0.05) is 0 Å². The lowest BCUT2D eigenvalue weighted by Crippen LogP contribution is -2.20. The third kappa shape index (κ3) is 3.10. The van der Waals surface area contributed by atoms with Gasteiger partial charge >= 0.3 is 0 Å². The number of hydrogen-bond donors (Lipinski definition) is 2. The Hall–Kier alpha value is -0.390. The molecule has 13 heavy (non-hydrogen) atoms. The highest BCUT2D eigenvalue weighted by Crippen LogP contribution is 2.20. The summed E-state index contributed by atoms with van der Waals surface area (Å²) in [7, 11) is 0. The fraction of sp³-hybridized carbons (Fsp3) is 0.429. The average molecular weight is 267 g/mol. The number of rotatable bonds is 3. The Balaban J connectivity index is 2.81. The molecule has 0 aromatic carbocycles. The van der Waals surface area contributed by atoms with Gasteiger partial charge in [0, 0.05) is 12.2 Å². The number of nitrogens with zero attached hydrogens (tertiary/aromatic N) is 2. The molecule has 2 N–H and O–H groups in total. The molecule has 0 aliphatic heterocycles. The van der Waals surface area contributed by atoms with Crippen molar-refractivity contribution < 1.29 is 5.11 Å². The van der Waals surface area contributed by atoms with Gasteiger partial charge in [0.25, 0.3) is 0 Å². The number of aliphatic hydroxyl groups excluding tert-OH is 1. The molecule has 4 nitrogen and oxygen atoms in total. The molecule has 0 saturated heterocycles. The van der Waals surface area contributed by atoms with Crippen LogP contribution < -0.4 is 5.32 Å². The van der Waals surface area contributed by atoms with E-state index in [9.17, 15) is 0 Å². The number of aliphatic hydroxyl groups is 1. The molecule has 1 heterocycles. The summed E-state index contributed by atoms with van der Waals surface area (Å²) in [5.74, 6) is 0.585. The fourth-order valence-corrected chi connectivity index (χ4v) is 1.16. The molecular formula is C7H9BrClN3O. The van der Waals surface area contributed by atoms with Crippen LogP contribution in [0.3, 0.4) is 0 Å². The largest absolute Gasteiger partial charge is 0.394 e. The molecule has 6 heteroatoms. The van der Waals surface area contributed by atoms with Crippen LogP contribution in [0.4, 0.5) is 5.82 Å². The van der Waals surface area contributed by atoms with Gasteiger partial charge in [0.05, 0.1) is 11.1 Å². The van der Waals surface area contributed by atoms with Crippen LogP contribution in [-0.2, 0) is 0 Å². The second-order valence-electron chi connectivity index (χ2n) is 2.56. The Morgan fingerprint density at radius 1 is 1.77 bits per heavy atom. The van der Waals surface area contributed by atoms with Gasteiger partial charge in [-0.2, -0.15) is 4.98 Å². The average Bonchev–Trinajstić information content (AvgIpc) is 2.11. The molecule has 72 valence electrons. The van der Waals surface area contributed by atoms with Crippen molar-refractivity contribution >= 4 is 33.3 Å². The third-order valence-electron chi connectivity index (χ3n) is 1.37. The normalized spacial score (nSPS) is 12.6. The number of anilines is 1. The van der Waals surface area contributed by atoms with E-state index in [-0.39, 0.29) is 17.9 Å². The number of halogens is 2. The Kier molecular flexibility index (Phi) is 3.90. The van der Waals surface area contributed by atoms with Gasteiger partial charge in [-0.15, -0.1) is 0 Å². The van der Waals surface area contributed by atoms with Crippen LogP contribution in [0.5, 0.6) is 0 Å². The first-order valence-electron chi connectivity index (χ1n) is 3.69. The Morgan fingerprint density at radius 3 is 3.08 bits per heavy atom. The monoisotopic (exact) mass is 265 g/mol. The summed E-state index contributed by atoms with van der Waals surface area (Å²) in [4.78, 5) is 7.72. The number of nitrogens with one attached hydrogen (secondary N) is 1. The maximum absolute atomic E-state index is 8.80. The Labute approximate surface area is 89.5 Å². The molecular weight excluding hydrogens is 257 g/mol. The Morgan fingerprint density at radius 2 is 2.46 bits per heavy atom. The van der Waals surface area contributed by atoms with Crippen LogP contribution in [0.1, 0.15) is 6.92 Å². The number of hydrogen-bond acceptors (Lipinski definition) is 4. The summed E-state index contributed by atoms with van der Waals surface area (Å²) < 4.78 is 0.720. The molecule has 1 atom stereocenters. The predicted molar refractivity (Wildman–Crippen MR) is 54.9 cm³/mol. The van der Waals surface area contributed by atoms with Crippen LogP contribution in [-0.4, -0.2) is 27.7 Å². The zero-order chi connectivity index (χ0) is 9.84.